The van der Waals surface area contributed by atoms with Crippen LogP contribution < -0.4 is 16.0 Å². The van der Waals surface area contributed by atoms with Crippen molar-refractivity contribution in [3.63, 3.8) is 0 Å². The fourth-order valence-electron chi connectivity index (χ4n) is 4.38. The maximum Gasteiger partial charge on any atom is 0.326 e. The monoisotopic (exact) mass is 493 g/mol. The van der Waals surface area contributed by atoms with E-state index in [4.69, 9.17) is 4.98 Å². The molecule has 2 unspecified atom stereocenters. The Morgan fingerprint density at radius 1 is 1.14 bits per heavy atom. The minimum atomic E-state index is -1.23. The Balaban J connectivity index is 1.16. The fourth-order valence-corrected chi connectivity index (χ4v) is 4.38. The number of nitrogens with one attached hydrogen (secondary N) is 3. The highest BCUT2D eigenvalue weighted by Gasteiger charge is 2.32. The van der Waals surface area contributed by atoms with Gasteiger partial charge in [0.25, 0.3) is 5.91 Å². The number of hydrogen-bond acceptors (Lipinski definition) is 7. The number of aliphatic hydroxyl groups is 1. The minimum absolute atomic E-state index is 0.0110. The zero-order chi connectivity index (χ0) is 25.5. The Labute approximate surface area is 209 Å². The zero-order valence-electron chi connectivity index (χ0n) is 20.0. The van der Waals surface area contributed by atoms with Crippen LogP contribution in [0.4, 0.5) is 5.69 Å². The van der Waals surface area contributed by atoms with Crippen molar-refractivity contribution >= 4 is 29.2 Å². The predicted octanol–water partition coefficient (Wildman–Crippen LogP) is 1.34. The first kappa shape index (κ1) is 25.5. The molecule has 1 aromatic carbocycles. The van der Waals surface area contributed by atoms with E-state index in [1.54, 1.807) is 24.3 Å². The summed E-state index contributed by atoms with van der Waals surface area (Å²) in [6.45, 7) is 1.91. The van der Waals surface area contributed by atoms with E-state index in [0.29, 0.717) is 24.1 Å². The molecule has 36 heavy (non-hydrogen) atoms. The van der Waals surface area contributed by atoms with Crippen LogP contribution in [-0.2, 0) is 33.8 Å². The van der Waals surface area contributed by atoms with Crippen LogP contribution in [0.25, 0.3) is 0 Å². The molecule has 0 saturated carbocycles. The Kier molecular flexibility index (Phi) is 8.40. The highest BCUT2D eigenvalue weighted by atomic mass is 16.4. The number of pyridine rings is 1. The highest BCUT2D eigenvalue weighted by Crippen LogP contribution is 2.33. The van der Waals surface area contributed by atoms with Gasteiger partial charge in [0.15, 0.2) is 0 Å². The van der Waals surface area contributed by atoms with Gasteiger partial charge in [-0.1, -0.05) is 24.3 Å². The zero-order valence-corrected chi connectivity index (χ0v) is 20.0. The summed E-state index contributed by atoms with van der Waals surface area (Å²) in [5, 5.41) is 28.3. The van der Waals surface area contributed by atoms with E-state index in [-0.39, 0.29) is 24.6 Å². The molecule has 1 aromatic heterocycles. The Morgan fingerprint density at radius 3 is 2.78 bits per heavy atom. The van der Waals surface area contributed by atoms with Gasteiger partial charge >= 0.3 is 5.97 Å². The number of fused-ring (bicyclic) bond motifs is 2. The van der Waals surface area contributed by atoms with E-state index < -0.39 is 24.0 Å². The Morgan fingerprint density at radius 2 is 1.97 bits per heavy atom. The number of aryl methyl sites for hydroxylation is 1. The first-order valence-electron chi connectivity index (χ1n) is 12.3. The molecule has 2 aliphatic heterocycles. The molecule has 190 valence electrons. The molecule has 0 fully saturated rings. The molecule has 4 rings (SSSR count). The minimum Gasteiger partial charge on any atom is -0.480 e. The van der Waals surface area contributed by atoms with Gasteiger partial charge in [-0.3, -0.25) is 14.6 Å². The van der Waals surface area contributed by atoms with Gasteiger partial charge in [0.2, 0.25) is 5.91 Å². The number of carboxylic acid groups (broad SMARTS) is 1. The molecular weight excluding hydrogens is 462 g/mol. The lowest BCUT2D eigenvalue weighted by Gasteiger charge is -2.16. The van der Waals surface area contributed by atoms with E-state index in [9.17, 15) is 24.6 Å². The number of carbonyl (C=O) groups is 3. The third kappa shape index (κ3) is 6.32. The molecule has 2 aliphatic rings. The molecule has 2 atom stereocenters. The van der Waals surface area contributed by atoms with Crippen molar-refractivity contribution in [2.75, 3.05) is 13.1 Å². The number of para-hydroxylation sites is 1. The topological polar surface area (TPSA) is 153 Å². The third-order valence-corrected chi connectivity index (χ3v) is 6.39. The normalized spacial score (nSPS) is 16.9. The number of hydrogen-bond donors (Lipinski definition) is 5. The molecule has 0 saturated heterocycles. The number of carbonyl (C=O) groups excluding carboxylic acids is 2. The lowest BCUT2D eigenvalue weighted by Crippen LogP contribution is -2.46. The number of benzene rings is 1. The van der Waals surface area contributed by atoms with Crippen LogP contribution in [0.15, 0.2) is 41.4 Å². The van der Waals surface area contributed by atoms with Gasteiger partial charge in [-0.05, 0) is 43.4 Å². The summed E-state index contributed by atoms with van der Waals surface area (Å²) in [6, 6.07) is 9.74. The predicted molar refractivity (Wildman–Crippen MR) is 133 cm³/mol. The number of aromatic nitrogens is 1. The summed E-state index contributed by atoms with van der Waals surface area (Å²) in [5.41, 5.74) is 4.28. The second kappa shape index (κ2) is 11.9. The molecule has 2 aromatic rings. The highest BCUT2D eigenvalue weighted by molar-refractivity contribution is 6.42. The van der Waals surface area contributed by atoms with Gasteiger partial charge in [-0.2, -0.15) is 0 Å². The van der Waals surface area contributed by atoms with Crippen LogP contribution in [-0.4, -0.2) is 57.8 Å². The molecule has 0 aliphatic carbocycles. The van der Waals surface area contributed by atoms with E-state index in [0.717, 1.165) is 43.7 Å². The maximum absolute atomic E-state index is 12.5. The Hall–Kier alpha value is -3.63. The molecule has 0 radical (unpaired) electrons. The van der Waals surface area contributed by atoms with Gasteiger partial charge in [-0.25, -0.2) is 9.79 Å². The number of carboxylic acids is 1. The van der Waals surface area contributed by atoms with Gasteiger partial charge in [0.05, 0.1) is 5.69 Å². The number of amides is 2. The van der Waals surface area contributed by atoms with Crippen LogP contribution in [0.1, 0.15) is 54.3 Å². The van der Waals surface area contributed by atoms with Crippen molar-refractivity contribution in [2.24, 2.45) is 4.99 Å². The second-order valence-corrected chi connectivity index (χ2v) is 9.00. The summed E-state index contributed by atoms with van der Waals surface area (Å²) in [4.78, 5) is 45.2. The molecule has 0 spiro atoms. The summed E-state index contributed by atoms with van der Waals surface area (Å²) in [5.74, 6) is -2.14. The van der Waals surface area contributed by atoms with Crippen molar-refractivity contribution in [1.29, 1.82) is 0 Å². The van der Waals surface area contributed by atoms with Crippen molar-refractivity contribution in [3.05, 3.63) is 58.9 Å². The largest absolute Gasteiger partial charge is 0.480 e. The Bertz CT molecular complexity index is 1170. The molecule has 3 heterocycles. The van der Waals surface area contributed by atoms with Gasteiger partial charge in [-0.15, -0.1) is 0 Å². The van der Waals surface area contributed by atoms with Crippen molar-refractivity contribution < 1.29 is 24.6 Å². The molecule has 0 bridgehead atoms. The van der Waals surface area contributed by atoms with Crippen LogP contribution in [0.2, 0.25) is 0 Å². The van der Waals surface area contributed by atoms with E-state index in [1.165, 1.54) is 5.56 Å². The molecular formula is C26H31N5O5. The number of aliphatic hydroxyl groups excluding tert-OH is 1. The van der Waals surface area contributed by atoms with Crippen molar-refractivity contribution in [2.45, 2.75) is 57.2 Å². The lowest BCUT2D eigenvalue weighted by molar-refractivity contribution is -0.141. The molecule has 10 heteroatoms. The lowest BCUT2D eigenvalue weighted by atomic mass is 10.0. The van der Waals surface area contributed by atoms with Gasteiger partial charge < -0.3 is 26.2 Å². The summed E-state index contributed by atoms with van der Waals surface area (Å²) < 4.78 is 0. The molecule has 5 N–H and O–H groups in total. The van der Waals surface area contributed by atoms with Gasteiger partial charge in [0.1, 0.15) is 17.9 Å². The van der Waals surface area contributed by atoms with Crippen molar-refractivity contribution in [1.82, 2.24) is 20.9 Å². The summed E-state index contributed by atoms with van der Waals surface area (Å²) >= 11 is 0. The van der Waals surface area contributed by atoms with Crippen LogP contribution in [0.5, 0.6) is 0 Å². The smallest absolute Gasteiger partial charge is 0.326 e. The summed E-state index contributed by atoms with van der Waals surface area (Å²) in [6.07, 6.45) is 2.41. The standard InChI is InChI=1S/C26H31N5O5/c32-22(8-4-1-5-17-10-9-16-15-27-13-11-19(16)29-17)28-14-12-21(26(35)36)31-25(34)23-24(33)18-6-2-3-7-20(18)30-23/h2-3,6-7,9-10,21,24,27,33H,1,4-5,8,11-15H2,(H,28,32)(H,31,34)(H,35,36). The van der Waals surface area contributed by atoms with Crippen molar-refractivity contribution in [3.8, 4) is 0 Å². The molecule has 10 nitrogen and oxygen atoms in total. The SMILES string of the molecule is O=C(CCCCc1ccc2c(n1)CCNC2)NCCC(NC(=O)C1=Nc2ccccc2C1O)C(=O)O. The fraction of sp³-hybridized carbons (Fsp3) is 0.423. The van der Waals surface area contributed by atoms with Crippen LogP contribution in [0, 0.1) is 0 Å². The number of aliphatic carboxylic acids is 1. The van der Waals surface area contributed by atoms with Crippen LogP contribution >= 0.6 is 0 Å². The first-order chi connectivity index (χ1) is 17.4. The average molecular weight is 494 g/mol. The van der Waals surface area contributed by atoms with Crippen LogP contribution in [0.3, 0.4) is 0 Å². The quantitative estimate of drug-likeness (QED) is 0.296. The number of aliphatic imine (C=N–C) groups is 1. The average Bonchev–Trinajstić information content (AvgIpc) is 3.22. The van der Waals surface area contributed by atoms with E-state index >= 15 is 0 Å². The third-order valence-electron chi connectivity index (χ3n) is 6.39. The number of rotatable bonds is 11. The molecule has 2 amide bonds. The van der Waals surface area contributed by atoms with E-state index in [1.807, 2.05) is 6.07 Å². The summed E-state index contributed by atoms with van der Waals surface area (Å²) in [7, 11) is 0. The second-order valence-electron chi connectivity index (χ2n) is 9.00. The maximum atomic E-state index is 12.5. The number of unbranched alkanes of at least 4 members (excludes halogenated alkanes) is 1. The van der Waals surface area contributed by atoms with Gasteiger partial charge in [0, 0.05) is 49.4 Å². The van der Waals surface area contributed by atoms with E-state index in [2.05, 4.69) is 27.0 Å². The number of nitrogens with zero attached hydrogens (tertiary/aromatic N) is 2. The first-order valence-corrected chi connectivity index (χ1v) is 12.3.